The van der Waals surface area contributed by atoms with E-state index in [2.05, 4.69) is 41.6 Å². The van der Waals surface area contributed by atoms with Crippen LogP contribution in [0.15, 0.2) is 59.8 Å². The Bertz CT molecular complexity index is 1030. The Morgan fingerprint density at radius 3 is 2.32 bits per heavy atom. The summed E-state index contributed by atoms with van der Waals surface area (Å²) < 4.78 is 1.51. The van der Waals surface area contributed by atoms with E-state index in [1.807, 2.05) is 30.3 Å². The van der Waals surface area contributed by atoms with Crippen LogP contribution in [0, 0.1) is 5.41 Å². The van der Waals surface area contributed by atoms with Gasteiger partial charge in [0, 0.05) is 30.5 Å². The first-order chi connectivity index (χ1) is 14.7. The van der Waals surface area contributed by atoms with Gasteiger partial charge in [-0.15, -0.1) is 5.10 Å². The van der Waals surface area contributed by atoms with Gasteiger partial charge < -0.3 is 10.2 Å². The highest BCUT2D eigenvalue weighted by Crippen LogP contribution is 2.24. The summed E-state index contributed by atoms with van der Waals surface area (Å²) in [5, 5.41) is 14.5. The van der Waals surface area contributed by atoms with Gasteiger partial charge in [0.05, 0.1) is 5.75 Å². The number of anilines is 2. The molecule has 0 fully saturated rings. The van der Waals surface area contributed by atoms with Gasteiger partial charge in [-0.05, 0) is 52.2 Å². The SMILES string of the molecule is Cn1nnnc1SCC(=O)Nc1ccc(C(=O)N(CC(C)(C)C)c2ccccc2)cc1. The van der Waals surface area contributed by atoms with Gasteiger partial charge in [0.1, 0.15) is 0 Å². The zero-order chi connectivity index (χ0) is 22.4. The largest absolute Gasteiger partial charge is 0.325 e. The number of hydrogen-bond acceptors (Lipinski definition) is 6. The average Bonchev–Trinajstić information content (AvgIpc) is 3.15. The van der Waals surface area contributed by atoms with E-state index in [-0.39, 0.29) is 23.0 Å². The van der Waals surface area contributed by atoms with Crippen LogP contribution in [0.25, 0.3) is 0 Å². The first-order valence-electron chi connectivity index (χ1n) is 9.85. The average molecular weight is 439 g/mol. The number of nitrogens with zero attached hydrogens (tertiary/aromatic N) is 5. The predicted molar refractivity (Wildman–Crippen MR) is 122 cm³/mol. The van der Waals surface area contributed by atoms with E-state index >= 15 is 0 Å². The molecule has 0 aliphatic rings. The first-order valence-corrected chi connectivity index (χ1v) is 10.8. The van der Waals surface area contributed by atoms with Crippen LogP contribution < -0.4 is 10.2 Å². The molecule has 0 saturated carbocycles. The molecule has 0 atom stereocenters. The standard InChI is InChI=1S/C22H26N6O2S/c1-22(2,3)15-28(18-8-6-5-7-9-18)20(30)16-10-12-17(13-11-16)23-19(29)14-31-21-24-25-26-27(21)4/h5-13H,14-15H2,1-4H3,(H,23,29). The Hall–Kier alpha value is -3.20. The molecule has 0 radical (unpaired) electrons. The number of benzene rings is 2. The van der Waals surface area contributed by atoms with Crippen molar-refractivity contribution in [3.05, 3.63) is 60.2 Å². The fourth-order valence-corrected chi connectivity index (χ4v) is 3.54. The summed E-state index contributed by atoms with van der Waals surface area (Å²) in [5.74, 6) is -0.0718. The number of nitrogens with one attached hydrogen (secondary N) is 1. The molecule has 2 aromatic carbocycles. The van der Waals surface area contributed by atoms with E-state index in [9.17, 15) is 9.59 Å². The number of hydrogen-bond donors (Lipinski definition) is 1. The smallest absolute Gasteiger partial charge is 0.258 e. The summed E-state index contributed by atoms with van der Waals surface area (Å²) in [7, 11) is 1.72. The molecule has 8 nitrogen and oxygen atoms in total. The molecule has 0 saturated heterocycles. The van der Waals surface area contributed by atoms with Crippen molar-refractivity contribution in [1.82, 2.24) is 20.2 Å². The molecule has 162 valence electrons. The number of carbonyl (C=O) groups excluding carboxylic acids is 2. The molecule has 0 aliphatic heterocycles. The summed E-state index contributed by atoms with van der Waals surface area (Å²) in [6.45, 7) is 6.89. The van der Waals surface area contributed by atoms with E-state index < -0.39 is 0 Å². The Morgan fingerprint density at radius 2 is 1.74 bits per heavy atom. The molecule has 0 bridgehead atoms. The monoisotopic (exact) mass is 438 g/mol. The molecular formula is C22H26N6O2S. The van der Waals surface area contributed by atoms with Crippen molar-refractivity contribution in [3.63, 3.8) is 0 Å². The van der Waals surface area contributed by atoms with Crippen LogP contribution in [0.4, 0.5) is 11.4 Å². The van der Waals surface area contributed by atoms with E-state index in [4.69, 9.17) is 0 Å². The molecule has 31 heavy (non-hydrogen) atoms. The van der Waals surface area contributed by atoms with Crippen molar-refractivity contribution in [2.24, 2.45) is 12.5 Å². The molecule has 3 aromatic rings. The van der Waals surface area contributed by atoms with Crippen molar-refractivity contribution in [3.8, 4) is 0 Å². The van der Waals surface area contributed by atoms with Gasteiger partial charge in [0.2, 0.25) is 11.1 Å². The summed E-state index contributed by atoms with van der Waals surface area (Å²) in [6.07, 6.45) is 0. The highest BCUT2D eigenvalue weighted by Gasteiger charge is 2.23. The van der Waals surface area contributed by atoms with E-state index in [0.29, 0.717) is 23.0 Å². The van der Waals surface area contributed by atoms with E-state index in [0.717, 1.165) is 5.69 Å². The lowest BCUT2D eigenvalue weighted by Gasteiger charge is -2.30. The van der Waals surface area contributed by atoms with Crippen LogP contribution in [0.3, 0.4) is 0 Å². The zero-order valence-corrected chi connectivity index (χ0v) is 18.9. The Morgan fingerprint density at radius 1 is 1.06 bits per heavy atom. The van der Waals surface area contributed by atoms with Crippen molar-refractivity contribution >= 4 is 35.0 Å². The predicted octanol–water partition coefficient (Wildman–Crippen LogP) is 3.63. The zero-order valence-electron chi connectivity index (χ0n) is 18.1. The van der Waals surface area contributed by atoms with Crippen LogP contribution >= 0.6 is 11.8 Å². The van der Waals surface area contributed by atoms with Crippen LogP contribution in [0.2, 0.25) is 0 Å². The number of aryl methyl sites for hydroxylation is 1. The van der Waals surface area contributed by atoms with Crippen molar-refractivity contribution in [2.45, 2.75) is 25.9 Å². The van der Waals surface area contributed by atoms with E-state index in [1.54, 1.807) is 36.2 Å². The second-order valence-electron chi connectivity index (χ2n) is 8.29. The summed E-state index contributed by atoms with van der Waals surface area (Å²) in [6, 6.07) is 16.6. The van der Waals surface area contributed by atoms with Crippen LogP contribution in [-0.4, -0.2) is 44.3 Å². The Labute approximate surface area is 186 Å². The second-order valence-corrected chi connectivity index (χ2v) is 9.23. The fourth-order valence-electron chi connectivity index (χ4n) is 2.89. The van der Waals surface area contributed by atoms with Crippen molar-refractivity contribution in [1.29, 1.82) is 0 Å². The quantitative estimate of drug-likeness (QED) is 0.566. The first kappa shape index (κ1) is 22.5. The lowest BCUT2D eigenvalue weighted by molar-refractivity contribution is -0.113. The van der Waals surface area contributed by atoms with Crippen LogP contribution in [0.5, 0.6) is 0 Å². The number of thioether (sulfide) groups is 1. The van der Waals surface area contributed by atoms with Crippen molar-refractivity contribution in [2.75, 3.05) is 22.5 Å². The van der Waals surface area contributed by atoms with Crippen LogP contribution in [0.1, 0.15) is 31.1 Å². The summed E-state index contributed by atoms with van der Waals surface area (Å²) in [4.78, 5) is 27.2. The minimum atomic E-state index is -0.175. The van der Waals surface area contributed by atoms with Gasteiger partial charge in [-0.1, -0.05) is 50.7 Å². The molecular weight excluding hydrogens is 412 g/mol. The molecule has 1 N–H and O–H groups in total. The number of para-hydroxylation sites is 1. The minimum absolute atomic E-state index is 0.0602. The molecule has 2 amide bonds. The number of carbonyl (C=O) groups is 2. The second kappa shape index (κ2) is 9.74. The number of amides is 2. The highest BCUT2D eigenvalue weighted by atomic mass is 32.2. The van der Waals surface area contributed by atoms with Gasteiger partial charge in [0.25, 0.3) is 5.91 Å². The normalized spacial score (nSPS) is 11.2. The van der Waals surface area contributed by atoms with Crippen molar-refractivity contribution < 1.29 is 9.59 Å². The van der Waals surface area contributed by atoms with Gasteiger partial charge >= 0.3 is 0 Å². The fraction of sp³-hybridized carbons (Fsp3) is 0.318. The van der Waals surface area contributed by atoms with E-state index in [1.165, 1.54) is 16.4 Å². The highest BCUT2D eigenvalue weighted by molar-refractivity contribution is 7.99. The molecule has 1 aromatic heterocycles. The Balaban J connectivity index is 1.66. The number of rotatable bonds is 7. The molecule has 9 heteroatoms. The Kier molecular flexibility index (Phi) is 7.06. The van der Waals surface area contributed by atoms with Gasteiger partial charge in [-0.2, -0.15) is 0 Å². The third kappa shape index (κ3) is 6.39. The molecule has 0 spiro atoms. The third-order valence-corrected chi connectivity index (χ3v) is 5.29. The number of aromatic nitrogens is 4. The van der Waals surface area contributed by atoms with Gasteiger partial charge in [-0.3, -0.25) is 9.59 Å². The van der Waals surface area contributed by atoms with Gasteiger partial charge in [0.15, 0.2) is 0 Å². The molecule has 3 rings (SSSR count). The topological polar surface area (TPSA) is 93.0 Å². The molecule has 1 heterocycles. The lowest BCUT2D eigenvalue weighted by atomic mass is 9.95. The molecule has 0 aliphatic carbocycles. The summed E-state index contributed by atoms with van der Waals surface area (Å²) in [5.41, 5.74) is 1.98. The maximum atomic E-state index is 13.2. The molecule has 0 unspecified atom stereocenters. The third-order valence-electron chi connectivity index (χ3n) is 4.27. The lowest BCUT2D eigenvalue weighted by Crippen LogP contribution is -2.37. The van der Waals surface area contributed by atoms with Crippen LogP contribution in [-0.2, 0) is 11.8 Å². The maximum absolute atomic E-state index is 13.2. The maximum Gasteiger partial charge on any atom is 0.258 e. The summed E-state index contributed by atoms with van der Waals surface area (Å²) >= 11 is 1.25. The minimum Gasteiger partial charge on any atom is -0.325 e. The number of tetrazole rings is 1. The van der Waals surface area contributed by atoms with Gasteiger partial charge in [-0.25, -0.2) is 4.68 Å².